The number of carbonyl (C=O) groups excluding carboxylic acids is 1. The number of rotatable bonds is 4. The molecule has 2 N–H and O–H groups in total. The number of carbonyl (C=O) groups is 1. The first-order valence-electron chi connectivity index (χ1n) is 7.31. The summed E-state index contributed by atoms with van der Waals surface area (Å²) in [5, 5.41) is 6.51. The van der Waals surface area contributed by atoms with Gasteiger partial charge in [-0.3, -0.25) is 4.79 Å². The maximum atomic E-state index is 12.2. The van der Waals surface area contributed by atoms with Gasteiger partial charge in [-0.15, -0.1) is 0 Å². The lowest BCUT2D eigenvalue weighted by atomic mass is 9.95. The number of nitrogens with one attached hydrogen (secondary N) is 2. The van der Waals surface area contributed by atoms with Gasteiger partial charge in [0.25, 0.3) is 5.91 Å². The van der Waals surface area contributed by atoms with Crippen molar-refractivity contribution in [1.82, 2.24) is 10.6 Å². The molecule has 1 aliphatic rings. The van der Waals surface area contributed by atoms with Crippen LogP contribution in [0.2, 0.25) is 0 Å². The molecule has 0 radical (unpaired) electrons. The maximum Gasteiger partial charge on any atom is 0.251 e. The zero-order valence-corrected chi connectivity index (χ0v) is 11.9. The Labute approximate surface area is 115 Å². The van der Waals surface area contributed by atoms with Gasteiger partial charge in [0.2, 0.25) is 0 Å². The van der Waals surface area contributed by atoms with Crippen LogP contribution in [-0.4, -0.2) is 25.0 Å². The second-order valence-electron chi connectivity index (χ2n) is 5.50. The molecule has 1 saturated heterocycles. The smallest absolute Gasteiger partial charge is 0.251 e. The van der Waals surface area contributed by atoms with Crippen LogP contribution < -0.4 is 10.6 Å². The molecule has 3 heteroatoms. The zero-order valence-electron chi connectivity index (χ0n) is 11.9. The number of piperidine rings is 1. The van der Waals surface area contributed by atoms with E-state index in [1.807, 2.05) is 12.1 Å². The minimum atomic E-state index is 0.0572. The molecule has 1 aromatic carbocycles. The SMILES string of the molecule is CCCc1ccc(C(=O)NC2CCNCC2C)cc1. The monoisotopic (exact) mass is 260 g/mol. The number of amides is 1. The van der Waals surface area contributed by atoms with Crippen molar-refractivity contribution in [3.63, 3.8) is 0 Å². The molecule has 2 unspecified atom stereocenters. The van der Waals surface area contributed by atoms with Crippen LogP contribution in [0.1, 0.15) is 42.6 Å². The van der Waals surface area contributed by atoms with Gasteiger partial charge in [0.05, 0.1) is 0 Å². The molecule has 0 aliphatic carbocycles. The first-order valence-corrected chi connectivity index (χ1v) is 7.31. The van der Waals surface area contributed by atoms with Crippen LogP contribution >= 0.6 is 0 Å². The highest BCUT2D eigenvalue weighted by atomic mass is 16.1. The fraction of sp³-hybridized carbons (Fsp3) is 0.562. The van der Waals surface area contributed by atoms with Gasteiger partial charge >= 0.3 is 0 Å². The van der Waals surface area contributed by atoms with Crippen molar-refractivity contribution in [2.75, 3.05) is 13.1 Å². The molecule has 0 bridgehead atoms. The van der Waals surface area contributed by atoms with E-state index in [9.17, 15) is 4.79 Å². The number of aryl methyl sites for hydroxylation is 1. The molecule has 0 saturated carbocycles. The largest absolute Gasteiger partial charge is 0.349 e. The molecule has 1 aromatic rings. The summed E-state index contributed by atoms with van der Waals surface area (Å²) in [6.45, 7) is 6.33. The van der Waals surface area contributed by atoms with Gasteiger partial charge in [-0.25, -0.2) is 0 Å². The summed E-state index contributed by atoms with van der Waals surface area (Å²) < 4.78 is 0. The topological polar surface area (TPSA) is 41.1 Å². The summed E-state index contributed by atoms with van der Waals surface area (Å²) in [7, 11) is 0. The van der Waals surface area contributed by atoms with Crippen molar-refractivity contribution in [1.29, 1.82) is 0 Å². The minimum absolute atomic E-state index is 0.0572. The highest BCUT2D eigenvalue weighted by Crippen LogP contribution is 2.12. The van der Waals surface area contributed by atoms with E-state index in [1.165, 1.54) is 5.56 Å². The quantitative estimate of drug-likeness (QED) is 0.872. The van der Waals surface area contributed by atoms with Gasteiger partial charge in [0.15, 0.2) is 0 Å². The number of benzene rings is 1. The maximum absolute atomic E-state index is 12.2. The van der Waals surface area contributed by atoms with Crippen LogP contribution in [0.5, 0.6) is 0 Å². The predicted octanol–water partition coefficient (Wildman–Crippen LogP) is 2.37. The van der Waals surface area contributed by atoms with Crippen LogP contribution in [0.4, 0.5) is 0 Å². The molecule has 3 nitrogen and oxygen atoms in total. The van der Waals surface area contributed by atoms with Gasteiger partial charge in [-0.2, -0.15) is 0 Å². The Balaban J connectivity index is 1.95. The molecule has 2 rings (SSSR count). The Kier molecular flexibility index (Phi) is 4.97. The Morgan fingerprint density at radius 2 is 2.11 bits per heavy atom. The Morgan fingerprint density at radius 1 is 1.37 bits per heavy atom. The molecule has 1 aliphatic heterocycles. The summed E-state index contributed by atoms with van der Waals surface area (Å²) in [5.74, 6) is 0.555. The lowest BCUT2D eigenvalue weighted by Gasteiger charge is -2.30. The molecular weight excluding hydrogens is 236 g/mol. The molecule has 104 valence electrons. The van der Waals surface area contributed by atoms with Crippen LogP contribution in [-0.2, 0) is 6.42 Å². The van der Waals surface area contributed by atoms with Gasteiger partial charge in [0, 0.05) is 11.6 Å². The van der Waals surface area contributed by atoms with E-state index in [-0.39, 0.29) is 5.91 Å². The van der Waals surface area contributed by atoms with Crippen molar-refractivity contribution in [2.45, 2.75) is 39.2 Å². The normalized spacial score (nSPS) is 23.1. The molecule has 19 heavy (non-hydrogen) atoms. The summed E-state index contributed by atoms with van der Waals surface area (Å²) >= 11 is 0. The van der Waals surface area contributed by atoms with E-state index in [0.29, 0.717) is 12.0 Å². The summed E-state index contributed by atoms with van der Waals surface area (Å²) in [4.78, 5) is 12.2. The lowest BCUT2D eigenvalue weighted by molar-refractivity contribution is 0.0914. The fourth-order valence-corrected chi connectivity index (χ4v) is 2.59. The van der Waals surface area contributed by atoms with Crippen LogP contribution in [0.15, 0.2) is 24.3 Å². The fourth-order valence-electron chi connectivity index (χ4n) is 2.59. The van der Waals surface area contributed by atoms with E-state index in [0.717, 1.165) is 37.9 Å². The molecule has 1 amide bonds. The summed E-state index contributed by atoms with van der Waals surface area (Å²) in [5.41, 5.74) is 2.07. The van der Waals surface area contributed by atoms with Crippen molar-refractivity contribution >= 4 is 5.91 Å². The van der Waals surface area contributed by atoms with Gasteiger partial charge < -0.3 is 10.6 Å². The molecule has 0 spiro atoms. The lowest BCUT2D eigenvalue weighted by Crippen LogP contribution is -2.48. The Hall–Kier alpha value is -1.35. The molecular formula is C16H24N2O. The highest BCUT2D eigenvalue weighted by Gasteiger charge is 2.22. The third kappa shape index (κ3) is 3.80. The predicted molar refractivity (Wildman–Crippen MR) is 78.3 cm³/mol. The van der Waals surface area contributed by atoms with Crippen molar-refractivity contribution in [2.24, 2.45) is 5.92 Å². The third-order valence-corrected chi connectivity index (χ3v) is 3.86. The zero-order chi connectivity index (χ0) is 13.7. The van der Waals surface area contributed by atoms with E-state index in [4.69, 9.17) is 0 Å². The van der Waals surface area contributed by atoms with Crippen LogP contribution in [0.25, 0.3) is 0 Å². The first kappa shape index (κ1) is 14.1. The van der Waals surface area contributed by atoms with E-state index in [2.05, 4.69) is 36.6 Å². The summed E-state index contributed by atoms with van der Waals surface area (Å²) in [6, 6.07) is 8.29. The number of hydrogen-bond acceptors (Lipinski definition) is 2. The standard InChI is InChI=1S/C16H24N2O/c1-3-4-13-5-7-14(8-6-13)16(19)18-15-9-10-17-11-12(15)2/h5-8,12,15,17H,3-4,9-11H2,1-2H3,(H,18,19). The van der Waals surface area contributed by atoms with Crippen molar-refractivity contribution < 1.29 is 4.79 Å². The second kappa shape index (κ2) is 6.71. The second-order valence-corrected chi connectivity index (χ2v) is 5.50. The molecule has 1 fully saturated rings. The van der Waals surface area contributed by atoms with Gasteiger partial charge in [0.1, 0.15) is 0 Å². The number of hydrogen-bond donors (Lipinski definition) is 2. The van der Waals surface area contributed by atoms with Crippen LogP contribution in [0.3, 0.4) is 0 Å². The summed E-state index contributed by atoms with van der Waals surface area (Å²) in [6.07, 6.45) is 3.23. The third-order valence-electron chi connectivity index (χ3n) is 3.86. The van der Waals surface area contributed by atoms with E-state index < -0.39 is 0 Å². The van der Waals surface area contributed by atoms with Crippen molar-refractivity contribution in [3.05, 3.63) is 35.4 Å². The Bertz CT molecular complexity index is 413. The Morgan fingerprint density at radius 3 is 2.74 bits per heavy atom. The minimum Gasteiger partial charge on any atom is -0.349 e. The average molecular weight is 260 g/mol. The van der Waals surface area contributed by atoms with E-state index in [1.54, 1.807) is 0 Å². The van der Waals surface area contributed by atoms with Crippen molar-refractivity contribution in [3.8, 4) is 0 Å². The van der Waals surface area contributed by atoms with E-state index >= 15 is 0 Å². The van der Waals surface area contributed by atoms with Gasteiger partial charge in [-0.1, -0.05) is 32.4 Å². The first-order chi connectivity index (χ1) is 9.20. The van der Waals surface area contributed by atoms with Crippen LogP contribution in [0, 0.1) is 5.92 Å². The molecule has 2 atom stereocenters. The average Bonchev–Trinajstić information content (AvgIpc) is 2.42. The molecule has 1 heterocycles. The molecule has 0 aromatic heterocycles. The van der Waals surface area contributed by atoms with Gasteiger partial charge in [-0.05, 0) is 49.5 Å². The highest BCUT2D eigenvalue weighted by molar-refractivity contribution is 5.94.